The third-order valence-corrected chi connectivity index (χ3v) is 13.7. The van der Waals surface area contributed by atoms with E-state index in [0.29, 0.717) is 5.92 Å². The Balaban J connectivity index is 1.09. The van der Waals surface area contributed by atoms with Gasteiger partial charge >= 0.3 is 0 Å². The van der Waals surface area contributed by atoms with Crippen molar-refractivity contribution in [3.05, 3.63) is 211 Å². The Bertz CT molecular complexity index is 3710. The molecular formula is C57H40N4. The van der Waals surface area contributed by atoms with Gasteiger partial charge in [-0.3, -0.25) is 4.57 Å². The van der Waals surface area contributed by atoms with Crippen LogP contribution in [0.3, 0.4) is 0 Å². The fraction of sp³-hybridized carbons (Fsp3) is 0.0877. The molecule has 2 aliphatic carbocycles. The molecule has 0 radical (unpaired) electrons. The molecule has 0 saturated carbocycles. The first-order chi connectivity index (χ1) is 30.0. The standard InChI is InChI=1S/C57H40N4/c1-57(2)46-25-11-8-20-39(46)40-32-31-36(34-47(40)57)55-58-54-38-19-7-6-16-35(38)30-33-45(54)56(59-55)61-49-27-13-10-22-44(49)53-42(24-15-29-51(53)61)41-23-14-28-50-52(41)43-21-9-12-26-48(43)60(50)37-17-4-3-5-18-37/h3-31,33-34,40H,32H2,1-2H3. The fourth-order valence-corrected chi connectivity index (χ4v) is 11.0. The second-order valence-corrected chi connectivity index (χ2v) is 17.3. The van der Waals surface area contributed by atoms with Crippen LogP contribution in [0.4, 0.5) is 0 Å². The van der Waals surface area contributed by atoms with Gasteiger partial charge in [0.25, 0.3) is 0 Å². The van der Waals surface area contributed by atoms with E-state index in [1.165, 1.54) is 65.8 Å². The van der Waals surface area contributed by atoms with Gasteiger partial charge in [-0.05, 0) is 76.5 Å². The minimum atomic E-state index is -0.0768. The summed E-state index contributed by atoms with van der Waals surface area (Å²) in [5.41, 5.74) is 14.5. The number of benzene rings is 8. The zero-order valence-electron chi connectivity index (χ0n) is 34.0. The lowest BCUT2D eigenvalue weighted by Gasteiger charge is -2.27. The van der Waals surface area contributed by atoms with Crippen LogP contribution in [0.1, 0.15) is 43.1 Å². The molecule has 13 rings (SSSR count). The third-order valence-electron chi connectivity index (χ3n) is 13.7. The van der Waals surface area contributed by atoms with Gasteiger partial charge in [-0.1, -0.05) is 165 Å². The number of fused-ring (bicyclic) bond motifs is 12. The van der Waals surface area contributed by atoms with Gasteiger partial charge in [0.15, 0.2) is 5.82 Å². The van der Waals surface area contributed by atoms with E-state index >= 15 is 0 Å². The Kier molecular flexibility index (Phi) is 7.16. The van der Waals surface area contributed by atoms with Gasteiger partial charge < -0.3 is 4.57 Å². The second kappa shape index (κ2) is 12.7. The molecule has 4 heteroatoms. The summed E-state index contributed by atoms with van der Waals surface area (Å²) in [6.45, 7) is 4.74. The van der Waals surface area contributed by atoms with Gasteiger partial charge in [0, 0.05) is 54.9 Å². The molecule has 3 heterocycles. The van der Waals surface area contributed by atoms with E-state index in [0.717, 1.165) is 56.6 Å². The number of rotatable bonds is 4. The molecule has 4 nitrogen and oxygen atoms in total. The first-order valence-electron chi connectivity index (χ1n) is 21.4. The molecule has 0 bridgehead atoms. The van der Waals surface area contributed by atoms with Crippen molar-refractivity contribution in [2.45, 2.75) is 31.6 Å². The molecule has 61 heavy (non-hydrogen) atoms. The summed E-state index contributed by atoms with van der Waals surface area (Å²) >= 11 is 0. The van der Waals surface area contributed by atoms with Crippen LogP contribution in [0.5, 0.6) is 0 Å². The largest absolute Gasteiger partial charge is 0.309 e. The van der Waals surface area contributed by atoms with Gasteiger partial charge in [0.2, 0.25) is 0 Å². The quantitative estimate of drug-likeness (QED) is 0.167. The Morgan fingerprint density at radius 3 is 1.87 bits per heavy atom. The first kappa shape index (κ1) is 34.3. The average molecular weight is 781 g/mol. The lowest BCUT2D eigenvalue weighted by molar-refractivity contribution is 0.613. The van der Waals surface area contributed by atoms with E-state index in [9.17, 15) is 0 Å². The molecular weight excluding hydrogens is 741 g/mol. The summed E-state index contributed by atoms with van der Waals surface area (Å²) < 4.78 is 4.80. The van der Waals surface area contributed by atoms with E-state index in [2.05, 4.69) is 211 Å². The molecule has 11 aromatic rings. The lowest BCUT2D eigenvalue weighted by Crippen LogP contribution is -2.18. The molecule has 0 N–H and O–H groups in total. The molecule has 0 aliphatic heterocycles. The summed E-state index contributed by atoms with van der Waals surface area (Å²) in [4.78, 5) is 11.1. The maximum Gasteiger partial charge on any atom is 0.161 e. The van der Waals surface area contributed by atoms with Crippen LogP contribution >= 0.6 is 0 Å². The number of hydrogen-bond donors (Lipinski definition) is 0. The van der Waals surface area contributed by atoms with Crippen LogP contribution in [0.25, 0.3) is 93.5 Å². The minimum Gasteiger partial charge on any atom is -0.309 e. The summed E-state index contributed by atoms with van der Waals surface area (Å²) in [6.07, 6.45) is 5.71. The molecule has 1 atom stereocenters. The van der Waals surface area contributed by atoms with Gasteiger partial charge in [-0.25, -0.2) is 9.97 Å². The van der Waals surface area contributed by atoms with Crippen LogP contribution in [-0.4, -0.2) is 19.1 Å². The van der Waals surface area contributed by atoms with Gasteiger partial charge in [0.1, 0.15) is 5.82 Å². The minimum absolute atomic E-state index is 0.0768. The van der Waals surface area contributed by atoms with E-state index in [1.54, 1.807) is 0 Å². The molecule has 0 spiro atoms. The number of hydrogen-bond acceptors (Lipinski definition) is 2. The number of para-hydroxylation sites is 3. The van der Waals surface area contributed by atoms with E-state index in [1.807, 2.05) is 0 Å². The van der Waals surface area contributed by atoms with Crippen molar-refractivity contribution in [2.24, 2.45) is 0 Å². The topological polar surface area (TPSA) is 35.6 Å². The highest BCUT2D eigenvalue weighted by Gasteiger charge is 2.42. The molecule has 2 aliphatic rings. The van der Waals surface area contributed by atoms with Crippen molar-refractivity contribution in [1.82, 2.24) is 19.1 Å². The van der Waals surface area contributed by atoms with E-state index in [4.69, 9.17) is 9.97 Å². The van der Waals surface area contributed by atoms with E-state index < -0.39 is 0 Å². The smallest absolute Gasteiger partial charge is 0.161 e. The number of allylic oxidation sites excluding steroid dienone is 4. The van der Waals surface area contributed by atoms with Crippen LogP contribution in [0, 0.1) is 0 Å². The van der Waals surface area contributed by atoms with Crippen molar-refractivity contribution < 1.29 is 0 Å². The van der Waals surface area contributed by atoms with Crippen LogP contribution < -0.4 is 0 Å². The molecule has 3 aromatic heterocycles. The molecule has 1 unspecified atom stereocenters. The Morgan fingerprint density at radius 2 is 1.11 bits per heavy atom. The molecule has 8 aromatic carbocycles. The third kappa shape index (κ3) is 4.82. The van der Waals surface area contributed by atoms with Gasteiger partial charge in [0.05, 0.1) is 27.6 Å². The number of nitrogens with zero attached hydrogens (tertiary/aromatic N) is 4. The predicted molar refractivity (Wildman–Crippen MR) is 254 cm³/mol. The van der Waals surface area contributed by atoms with Crippen LogP contribution in [0.15, 0.2) is 194 Å². The summed E-state index contributed by atoms with van der Waals surface area (Å²) in [5, 5.41) is 8.22. The molecule has 0 fully saturated rings. The van der Waals surface area contributed by atoms with Crippen LogP contribution in [-0.2, 0) is 5.41 Å². The second-order valence-electron chi connectivity index (χ2n) is 17.3. The predicted octanol–water partition coefficient (Wildman–Crippen LogP) is 14.4. The number of aromatic nitrogens is 4. The summed E-state index contributed by atoms with van der Waals surface area (Å²) in [7, 11) is 0. The lowest BCUT2D eigenvalue weighted by atomic mass is 9.77. The first-order valence-corrected chi connectivity index (χ1v) is 21.4. The van der Waals surface area contributed by atoms with Crippen molar-refractivity contribution in [3.63, 3.8) is 0 Å². The fourth-order valence-electron chi connectivity index (χ4n) is 11.0. The van der Waals surface area contributed by atoms with E-state index in [-0.39, 0.29) is 5.41 Å². The maximum atomic E-state index is 5.65. The molecule has 0 saturated heterocycles. The Hall–Kier alpha value is -7.56. The zero-order valence-corrected chi connectivity index (χ0v) is 34.0. The zero-order chi connectivity index (χ0) is 40.4. The SMILES string of the molecule is CC1(C)C2=CC(c3nc(-n4c5ccccc5c5c(-c6cccc7c6c6ccccc6n7-c6ccccc6)cccc54)c4ccc5ccccc5c4n3)=CCC2c2ccccc21. The monoisotopic (exact) mass is 780 g/mol. The van der Waals surface area contributed by atoms with Crippen molar-refractivity contribution in [3.8, 4) is 22.6 Å². The van der Waals surface area contributed by atoms with Crippen molar-refractivity contribution in [2.75, 3.05) is 0 Å². The highest BCUT2D eigenvalue weighted by Crippen LogP contribution is 2.54. The van der Waals surface area contributed by atoms with Crippen LogP contribution in [0.2, 0.25) is 0 Å². The highest BCUT2D eigenvalue weighted by atomic mass is 15.1. The summed E-state index contributed by atoms with van der Waals surface area (Å²) in [6, 6.07) is 64.0. The molecule has 0 amide bonds. The maximum absolute atomic E-state index is 5.65. The van der Waals surface area contributed by atoms with Crippen molar-refractivity contribution in [1.29, 1.82) is 0 Å². The Morgan fingerprint density at radius 1 is 0.508 bits per heavy atom. The Labute approximate surface area is 353 Å². The van der Waals surface area contributed by atoms with Gasteiger partial charge in [-0.15, -0.1) is 0 Å². The van der Waals surface area contributed by atoms with Gasteiger partial charge in [-0.2, -0.15) is 0 Å². The summed E-state index contributed by atoms with van der Waals surface area (Å²) in [5.74, 6) is 2.03. The molecule has 288 valence electrons. The normalized spacial score (nSPS) is 15.8. The highest BCUT2D eigenvalue weighted by molar-refractivity contribution is 6.22. The van der Waals surface area contributed by atoms with Crippen molar-refractivity contribution >= 4 is 70.9 Å². The average Bonchev–Trinajstić information content (AvgIpc) is 3.92.